The van der Waals surface area contributed by atoms with E-state index in [4.69, 9.17) is 23.7 Å². The van der Waals surface area contributed by atoms with Gasteiger partial charge in [-0.05, 0) is 35.9 Å². The Hall–Kier alpha value is -3.51. The van der Waals surface area contributed by atoms with E-state index in [1.807, 2.05) is 18.2 Å². The lowest BCUT2D eigenvalue weighted by molar-refractivity contribution is -0.385. The third kappa shape index (κ3) is 8.80. The predicted molar refractivity (Wildman–Crippen MR) is 142 cm³/mol. The maximum Gasteiger partial charge on any atom is 0.338 e. The van der Waals surface area contributed by atoms with Crippen molar-refractivity contribution < 1.29 is 38.1 Å². The van der Waals surface area contributed by atoms with Gasteiger partial charge in [0, 0.05) is 26.3 Å². The molecule has 1 aliphatic rings. The summed E-state index contributed by atoms with van der Waals surface area (Å²) >= 11 is 0. The molecule has 0 N–H and O–H groups in total. The van der Waals surface area contributed by atoms with E-state index in [0.717, 1.165) is 11.3 Å². The van der Waals surface area contributed by atoms with Gasteiger partial charge in [0.1, 0.15) is 12.4 Å². The number of hydrogen-bond acceptors (Lipinski definition) is 10. The first-order chi connectivity index (χ1) is 18.5. The van der Waals surface area contributed by atoms with E-state index in [1.54, 1.807) is 19.3 Å². The summed E-state index contributed by atoms with van der Waals surface area (Å²) in [6.07, 6.45) is 3.39. The van der Waals surface area contributed by atoms with Gasteiger partial charge in [0.05, 0.1) is 75.1 Å². The summed E-state index contributed by atoms with van der Waals surface area (Å²) in [5.41, 5.74) is 1.93. The van der Waals surface area contributed by atoms with Crippen LogP contribution in [0.3, 0.4) is 0 Å². The third-order valence-electron chi connectivity index (χ3n) is 5.73. The first-order valence-corrected chi connectivity index (χ1v) is 12.3. The summed E-state index contributed by atoms with van der Waals surface area (Å²) in [5.74, 6) is 0.0102. The van der Waals surface area contributed by atoms with Crippen molar-refractivity contribution in [1.82, 2.24) is 0 Å². The summed E-state index contributed by atoms with van der Waals surface area (Å²) < 4.78 is 32.9. The van der Waals surface area contributed by atoms with Gasteiger partial charge in [-0.2, -0.15) is 0 Å². The van der Waals surface area contributed by atoms with E-state index < -0.39 is 10.9 Å². The van der Waals surface area contributed by atoms with Crippen molar-refractivity contribution in [2.45, 2.75) is 0 Å². The number of esters is 1. The maximum absolute atomic E-state index is 11.8. The number of fused-ring (bicyclic) bond motifs is 1. The Morgan fingerprint density at radius 1 is 0.974 bits per heavy atom. The number of benzene rings is 2. The Morgan fingerprint density at radius 3 is 2.37 bits per heavy atom. The zero-order valence-electron chi connectivity index (χ0n) is 21.8. The number of carbonyl (C=O) groups excluding carboxylic acids is 1. The van der Waals surface area contributed by atoms with E-state index >= 15 is 0 Å². The number of hydrogen-bond donors (Lipinski definition) is 0. The number of nitro benzene ring substituents is 1. The van der Waals surface area contributed by atoms with Gasteiger partial charge >= 0.3 is 5.97 Å². The fourth-order valence-corrected chi connectivity index (χ4v) is 3.77. The number of nitro groups is 1. The molecule has 0 amide bonds. The van der Waals surface area contributed by atoms with Crippen molar-refractivity contribution in [2.75, 3.05) is 85.1 Å². The molecule has 0 unspecified atom stereocenters. The topological polar surface area (TPSA) is 119 Å². The molecule has 3 rings (SSSR count). The van der Waals surface area contributed by atoms with Crippen molar-refractivity contribution in [3.8, 4) is 5.75 Å². The molecule has 38 heavy (non-hydrogen) atoms. The minimum atomic E-state index is -0.637. The Kier molecular flexibility index (Phi) is 12.0. The molecule has 0 bridgehead atoms. The molecule has 206 valence electrons. The molecule has 0 spiro atoms. The summed E-state index contributed by atoms with van der Waals surface area (Å²) in [7, 11) is 2.88. The number of carbonyl (C=O) groups is 1. The van der Waals surface area contributed by atoms with Crippen LogP contribution in [0, 0.1) is 10.1 Å². The summed E-state index contributed by atoms with van der Waals surface area (Å²) in [6.45, 7) is 5.00. The molecule has 0 aromatic heterocycles. The summed E-state index contributed by atoms with van der Waals surface area (Å²) in [6, 6.07) is 9.96. The molecule has 0 fully saturated rings. The Morgan fingerprint density at radius 2 is 1.68 bits per heavy atom. The molecular formula is C27H34N2O9. The largest absolute Gasteiger partial charge is 0.489 e. The molecule has 1 heterocycles. The van der Waals surface area contributed by atoms with Gasteiger partial charge in [-0.1, -0.05) is 12.1 Å². The van der Waals surface area contributed by atoms with E-state index in [0.29, 0.717) is 77.3 Å². The van der Waals surface area contributed by atoms with E-state index in [9.17, 15) is 14.9 Å². The van der Waals surface area contributed by atoms with Gasteiger partial charge in [0.25, 0.3) is 5.69 Å². The molecule has 0 aliphatic carbocycles. The highest BCUT2D eigenvalue weighted by Crippen LogP contribution is 2.31. The molecule has 11 nitrogen and oxygen atoms in total. The lowest BCUT2D eigenvalue weighted by atomic mass is 10.1. The van der Waals surface area contributed by atoms with Crippen molar-refractivity contribution in [3.05, 3.63) is 63.2 Å². The Labute approximate surface area is 222 Å². The second kappa shape index (κ2) is 15.7. The van der Waals surface area contributed by atoms with E-state index in [-0.39, 0.29) is 11.3 Å². The summed E-state index contributed by atoms with van der Waals surface area (Å²) in [4.78, 5) is 25.0. The van der Waals surface area contributed by atoms with Crippen molar-refractivity contribution in [2.24, 2.45) is 0 Å². The number of anilines is 1. The van der Waals surface area contributed by atoms with Gasteiger partial charge in [0.15, 0.2) is 0 Å². The molecule has 1 aliphatic heterocycles. The normalized spacial score (nSPS) is 15.7. The molecule has 2 aromatic rings. The maximum atomic E-state index is 11.8. The molecular weight excluding hydrogens is 496 g/mol. The SMILES string of the molecule is COCCN1CCOCCOCCOCCOc2cc(/C=C/c3ccc(C(=O)OC)cc3[N+](=O)[O-])ccc21. The van der Waals surface area contributed by atoms with Crippen LogP contribution in [0.15, 0.2) is 36.4 Å². The predicted octanol–water partition coefficient (Wildman–Crippen LogP) is 3.45. The average Bonchev–Trinajstić information content (AvgIpc) is 2.94. The van der Waals surface area contributed by atoms with Gasteiger partial charge in [-0.3, -0.25) is 10.1 Å². The van der Waals surface area contributed by atoms with Gasteiger partial charge < -0.3 is 33.3 Å². The minimum Gasteiger partial charge on any atom is -0.489 e. The van der Waals surface area contributed by atoms with Crippen LogP contribution in [0.25, 0.3) is 12.2 Å². The fraction of sp³-hybridized carbons (Fsp3) is 0.444. The standard InChI is InChI=1S/C27H34N2O9/c1-33-11-9-28-10-12-35-13-14-36-15-16-37-17-18-38-26-19-21(4-8-24(26)28)3-5-22-6-7-23(27(30)34-2)20-25(22)29(31)32/h3-8,19-20H,9-18H2,1-2H3/b5-3+. The molecule has 0 radical (unpaired) electrons. The lowest BCUT2D eigenvalue weighted by Gasteiger charge is -2.27. The first kappa shape index (κ1) is 29.1. The highest BCUT2D eigenvalue weighted by molar-refractivity contribution is 5.91. The monoisotopic (exact) mass is 530 g/mol. The quantitative estimate of drug-likeness (QED) is 0.228. The van der Waals surface area contributed by atoms with Crippen molar-refractivity contribution >= 4 is 29.5 Å². The van der Waals surface area contributed by atoms with Crippen LogP contribution in [0.2, 0.25) is 0 Å². The zero-order chi connectivity index (χ0) is 27.2. The molecule has 0 atom stereocenters. The van der Waals surface area contributed by atoms with E-state index in [2.05, 4.69) is 9.64 Å². The molecule has 0 saturated heterocycles. The Balaban J connectivity index is 1.88. The third-order valence-corrected chi connectivity index (χ3v) is 5.73. The van der Waals surface area contributed by atoms with Crippen molar-refractivity contribution in [1.29, 1.82) is 0 Å². The number of rotatable bonds is 7. The highest BCUT2D eigenvalue weighted by atomic mass is 16.6. The van der Waals surface area contributed by atoms with Crippen LogP contribution >= 0.6 is 0 Å². The molecule has 11 heteroatoms. The fourth-order valence-electron chi connectivity index (χ4n) is 3.77. The van der Waals surface area contributed by atoms with Crippen LogP contribution in [-0.4, -0.2) is 91.1 Å². The zero-order valence-corrected chi connectivity index (χ0v) is 21.8. The minimum absolute atomic E-state index is 0.112. The molecule has 2 aromatic carbocycles. The van der Waals surface area contributed by atoms with Gasteiger partial charge in [-0.15, -0.1) is 0 Å². The highest BCUT2D eigenvalue weighted by Gasteiger charge is 2.17. The van der Waals surface area contributed by atoms with Crippen molar-refractivity contribution in [3.63, 3.8) is 0 Å². The number of ether oxygens (including phenoxy) is 6. The molecule has 0 saturated carbocycles. The van der Waals surface area contributed by atoms with Gasteiger partial charge in [0.2, 0.25) is 0 Å². The van der Waals surface area contributed by atoms with Crippen LogP contribution in [0.4, 0.5) is 11.4 Å². The number of nitrogens with zero attached hydrogens (tertiary/aromatic N) is 2. The Bertz CT molecular complexity index is 1090. The second-order valence-electron chi connectivity index (χ2n) is 8.25. The van der Waals surface area contributed by atoms with Crippen LogP contribution in [0.1, 0.15) is 21.5 Å². The van der Waals surface area contributed by atoms with Crippen LogP contribution in [0.5, 0.6) is 5.75 Å². The first-order valence-electron chi connectivity index (χ1n) is 12.3. The summed E-state index contributed by atoms with van der Waals surface area (Å²) in [5, 5.41) is 11.6. The lowest BCUT2D eigenvalue weighted by Crippen LogP contribution is -2.31. The van der Waals surface area contributed by atoms with E-state index in [1.165, 1.54) is 25.3 Å². The average molecular weight is 531 g/mol. The number of methoxy groups -OCH3 is 2. The smallest absolute Gasteiger partial charge is 0.338 e. The van der Waals surface area contributed by atoms with Gasteiger partial charge in [-0.25, -0.2) is 4.79 Å². The second-order valence-corrected chi connectivity index (χ2v) is 8.25. The van der Waals surface area contributed by atoms with Crippen LogP contribution < -0.4 is 9.64 Å². The van der Waals surface area contributed by atoms with Crippen LogP contribution in [-0.2, 0) is 23.7 Å².